The van der Waals surface area contributed by atoms with E-state index in [1.165, 1.54) is 13.4 Å². The van der Waals surface area contributed by atoms with Gasteiger partial charge in [0, 0.05) is 19.2 Å². The maximum absolute atomic E-state index is 15.3. The summed E-state index contributed by atoms with van der Waals surface area (Å²) < 4.78 is 32.9. The summed E-state index contributed by atoms with van der Waals surface area (Å²) >= 11 is 0. The van der Waals surface area contributed by atoms with Gasteiger partial charge in [0.2, 0.25) is 5.82 Å². The van der Waals surface area contributed by atoms with Crippen molar-refractivity contribution in [3.05, 3.63) is 71.8 Å². The second-order valence-electron chi connectivity index (χ2n) is 7.76. The molecule has 0 spiro atoms. The predicted octanol–water partition coefficient (Wildman–Crippen LogP) is 4.51. The highest BCUT2D eigenvalue weighted by Crippen LogP contribution is 2.32. The number of aromatic nitrogens is 2. The minimum Gasteiger partial charge on any atom is -0.436 e. The van der Waals surface area contributed by atoms with Gasteiger partial charge < -0.3 is 19.0 Å². The van der Waals surface area contributed by atoms with E-state index < -0.39 is 5.82 Å². The summed E-state index contributed by atoms with van der Waals surface area (Å²) in [7, 11) is 3.32. The molecule has 0 radical (unpaired) electrons. The van der Waals surface area contributed by atoms with Crippen LogP contribution in [0.4, 0.5) is 4.39 Å². The number of hydrogen-bond donors (Lipinski definition) is 0. The fraction of sp³-hybridized carbons (Fsp3) is 0.320. The Labute approximate surface area is 203 Å². The molecule has 10 heteroatoms. The summed E-state index contributed by atoms with van der Waals surface area (Å²) in [5.41, 5.74) is 1.95. The van der Waals surface area contributed by atoms with Gasteiger partial charge in [0.1, 0.15) is 36.8 Å². The first kappa shape index (κ1) is 24.5. The first-order valence-corrected chi connectivity index (χ1v) is 11.1. The van der Waals surface area contributed by atoms with E-state index in [9.17, 15) is 0 Å². The molecule has 2 heterocycles. The fourth-order valence-electron chi connectivity index (χ4n) is 3.55. The minimum atomic E-state index is -0.822. The van der Waals surface area contributed by atoms with Crippen LogP contribution in [0.3, 0.4) is 0 Å². The maximum Gasteiger partial charge on any atom is 0.263 e. The summed E-state index contributed by atoms with van der Waals surface area (Å²) in [6.45, 7) is 3.28. The number of nitrogens with zero attached hydrogens (tertiary/aromatic N) is 4. The number of ether oxygens (including phenoxy) is 3. The summed E-state index contributed by atoms with van der Waals surface area (Å²) in [6.07, 6.45) is 1.40. The van der Waals surface area contributed by atoms with E-state index in [2.05, 4.69) is 15.1 Å². The molecule has 9 nitrogen and oxygen atoms in total. The largest absolute Gasteiger partial charge is 0.436 e. The minimum absolute atomic E-state index is 0.237. The van der Waals surface area contributed by atoms with Crippen molar-refractivity contribution in [1.82, 2.24) is 15.0 Å². The summed E-state index contributed by atoms with van der Waals surface area (Å²) in [6, 6.07) is 14.4. The molecule has 0 N–H and O–H groups in total. The highest BCUT2D eigenvalue weighted by molar-refractivity contribution is 6.05. The smallest absolute Gasteiger partial charge is 0.263 e. The third-order valence-corrected chi connectivity index (χ3v) is 5.31. The number of hydroxylamine groups is 2. The van der Waals surface area contributed by atoms with Gasteiger partial charge in [0.05, 0.1) is 13.2 Å². The van der Waals surface area contributed by atoms with Gasteiger partial charge in [0.25, 0.3) is 11.8 Å². The van der Waals surface area contributed by atoms with Crippen molar-refractivity contribution < 1.29 is 28.3 Å². The first-order valence-electron chi connectivity index (χ1n) is 11.1. The second kappa shape index (κ2) is 11.7. The van der Waals surface area contributed by atoms with Crippen LogP contribution < -0.4 is 9.47 Å². The molecule has 1 unspecified atom stereocenters. The van der Waals surface area contributed by atoms with E-state index in [-0.39, 0.29) is 17.9 Å². The van der Waals surface area contributed by atoms with Gasteiger partial charge in [-0.1, -0.05) is 35.5 Å². The SMILES string of the molecule is CO/N=C(\c1ccccc1Oc1ncnc(Oc2ccccc2C)c1F)C1CCN(C)OCCO1. The van der Waals surface area contributed by atoms with Crippen LogP contribution in [0.15, 0.2) is 60.0 Å². The lowest BCUT2D eigenvalue weighted by Crippen LogP contribution is -2.35. The van der Waals surface area contributed by atoms with Gasteiger partial charge in [-0.15, -0.1) is 0 Å². The van der Waals surface area contributed by atoms with Gasteiger partial charge in [-0.05, 0) is 37.1 Å². The highest BCUT2D eigenvalue weighted by Gasteiger charge is 2.26. The predicted molar refractivity (Wildman–Crippen MR) is 126 cm³/mol. The van der Waals surface area contributed by atoms with Gasteiger partial charge in [-0.2, -0.15) is 19.4 Å². The van der Waals surface area contributed by atoms with Crippen molar-refractivity contribution in [3.63, 3.8) is 0 Å². The molecule has 0 aliphatic carbocycles. The molecule has 1 atom stereocenters. The van der Waals surface area contributed by atoms with Crippen molar-refractivity contribution in [3.8, 4) is 23.3 Å². The molecule has 4 rings (SSSR count). The van der Waals surface area contributed by atoms with Crippen LogP contribution in [-0.2, 0) is 14.4 Å². The molecule has 1 aliphatic heterocycles. The van der Waals surface area contributed by atoms with Crippen molar-refractivity contribution in [2.45, 2.75) is 19.4 Å². The zero-order valence-corrected chi connectivity index (χ0v) is 19.8. The zero-order chi connectivity index (χ0) is 24.6. The Balaban J connectivity index is 1.63. The molecule has 184 valence electrons. The van der Waals surface area contributed by atoms with Crippen molar-refractivity contribution >= 4 is 5.71 Å². The molecule has 0 amide bonds. The molecule has 1 fully saturated rings. The number of halogens is 1. The van der Waals surface area contributed by atoms with Gasteiger partial charge in [-0.3, -0.25) is 4.84 Å². The lowest BCUT2D eigenvalue weighted by molar-refractivity contribution is -0.171. The molecule has 35 heavy (non-hydrogen) atoms. The molecule has 1 saturated heterocycles. The lowest BCUT2D eigenvalue weighted by Gasteiger charge is -2.26. The van der Waals surface area contributed by atoms with E-state index in [4.69, 9.17) is 23.9 Å². The molecular weight excluding hydrogens is 455 g/mol. The molecule has 1 aliphatic rings. The van der Waals surface area contributed by atoms with Gasteiger partial charge in [0.15, 0.2) is 0 Å². The molecule has 0 saturated carbocycles. The molecule has 3 aromatic rings. The Hall–Kier alpha value is -3.60. The van der Waals surface area contributed by atoms with E-state index in [0.717, 1.165) is 5.56 Å². The second-order valence-corrected chi connectivity index (χ2v) is 7.76. The Morgan fingerprint density at radius 1 is 1.03 bits per heavy atom. The third-order valence-electron chi connectivity index (χ3n) is 5.31. The van der Waals surface area contributed by atoms with E-state index >= 15 is 4.39 Å². The number of hydrogen-bond acceptors (Lipinski definition) is 9. The van der Waals surface area contributed by atoms with Crippen molar-refractivity contribution in [2.24, 2.45) is 5.16 Å². The summed E-state index contributed by atoms with van der Waals surface area (Å²) in [5, 5.41) is 5.98. The monoisotopic (exact) mass is 482 g/mol. The van der Waals surface area contributed by atoms with Crippen molar-refractivity contribution in [2.75, 3.05) is 33.9 Å². The molecule has 0 bridgehead atoms. The van der Waals surface area contributed by atoms with Gasteiger partial charge >= 0.3 is 0 Å². The van der Waals surface area contributed by atoms with Crippen LogP contribution in [0.1, 0.15) is 17.5 Å². The van der Waals surface area contributed by atoms with Crippen LogP contribution in [-0.4, -0.2) is 60.8 Å². The van der Waals surface area contributed by atoms with Crippen LogP contribution in [0.25, 0.3) is 0 Å². The Morgan fingerprint density at radius 2 is 1.71 bits per heavy atom. The first-order chi connectivity index (χ1) is 17.1. The number of oxime groups is 1. The lowest BCUT2D eigenvalue weighted by atomic mass is 10.0. The Kier molecular flexibility index (Phi) is 8.19. The van der Waals surface area contributed by atoms with Crippen LogP contribution in [0.2, 0.25) is 0 Å². The summed E-state index contributed by atoms with van der Waals surface area (Å²) in [4.78, 5) is 18.5. The Morgan fingerprint density at radius 3 is 2.46 bits per heavy atom. The van der Waals surface area contributed by atoms with Crippen LogP contribution in [0, 0.1) is 12.7 Å². The topological polar surface area (TPSA) is 87.5 Å². The summed E-state index contributed by atoms with van der Waals surface area (Å²) in [5.74, 6) is -0.519. The number of aryl methyl sites for hydroxylation is 1. The number of para-hydroxylation sites is 2. The Bertz CT molecular complexity index is 1180. The molecular formula is C25H27FN4O5. The van der Waals surface area contributed by atoms with Crippen molar-refractivity contribution in [1.29, 1.82) is 0 Å². The highest BCUT2D eigenvalue weighted by atomic mass is 19.1. The van der Waals surface area contributed by atoms with E-state index in [0.29, 0.717) is 49.0 Å². The zero-order valence-electron chi connectivity index (χ0n) is 19.8. The van der Waals surface area contributed by atoms with Crippen LogP contribution >= 0.6 is 0 Å². The molecule has 2 aromatic carbocycles. The standard InChI is InChI=1S/C25H27FN4O5/c1-17-8-4-6-10-19(17)34-24-22(26)25(28-16-27-24)35-20-11-7-5-9-18(20)23(29-31-3)21-12-13-30(2)33-15-14-32-21/h4-11,16,21H,12-15H2,1-3H3/b29-23+. The van der Waals surface area contributed by atoms with E-state index in [1.807, 2.05) is 32.2 Å². The van der Waals surface area contributed by atoms with E-state index in [1.54, 1.807) is 35.4 Å². The van der Waals surface area contributed by atoms with Gasteiger partial charge in [-0.25, -0.2) is 0 Å². The average molecular weight is 483 g/mol. The molecule has 1 aromatic heterocycles. The average Bonchev–Trinajstić information content (AvgIpc) is 2.85. The quantitative estimate of drug-likeness (QED) is 0.359. The number of benzene rings is 2. The maximum atomic E-state index is 15.3. The normalized spacial score (nSPS) is 17.4. The number of rotatable bonds is 7. The van der Waals surface area contributed by atoms with Crippen LogP contribution in [0.5, 0.6) is 23.3 Å². The third kappa shape index (κ3) is 6.10. The fourth-order valence-corrected chi connectivity index (χ4v) is 3.55.